The van der Waals surface area contributed by atoms with Crippen molar-refractivity contribution in [3.05, 3.63) is 29.8 Å². The first kappa shape index (κ1) is 19.9. The van der Waals surface area contributed by atoms with Crippen LogP contribution in [0.15, 0.2) is 39.6 Å². The number of rotatable bonds is 7. The molecule has 146 valence electrons. The molecule has 1 aromatic rings. The molecule has 0 radical (unpaired) electrons. The lowest BCUT2D eigenvalue weighted by molar-refractivity contribution is -0.120. The summed E-state index contributed by atoms with van der Waals surface area (Å²) in [5.74, 6) is -0.316. The molecule has 0 aromatic heterocycles. The maximum Gasteiger partial charge on any atom is 0.234 e. The van der Waals surface area contributed by atoms with Crippen molar-refractivity contribution in [2.45, 2.75) is 48.3 Å². The van der Waals surface area contributed by atoms with Crippen LogP contribution in [0.3, 0.4) is 0 Å². The van der Waals surface area contributed by atoms with E-state index in [1.807, 2.05) is 0 Å². The van der Waals surface area contributed by atoms with Crippen molar-refractivity contribution in [3.8, 4) is 0 Å². The van der Waals surface area contributed by atoms with E-state index in [2.05, 4.69) is 16.7 Å². The van der Waals surface area contributed by atoms with Crippen LogP contribution in [0, 0.1) is 0 Å². The lowest BCUT2D eigenvalue weighted by atomic mass is 9.97. The van der Waals surface area contributed by atoms with Crippen molar-refractivity contribution in [1.82, 2.24) is 5.32 Å². The second-order valence-electron chi connectivity index (χ2n) is 6.77. The summed E-state index contributed by atoms with van der Waals surface area (Å²) in [4.78, 5) is 24.4. The molecule has 0 unspecified atom stereocenters. The normalized spacial score (nSPS) is 16.9. The Morgan fingerprint density at radius 1 is 1.26 bits per heavy atom. The van der Waals surface area contributed by atoms with Crippen molar-refractivity contribution in [2.24, 2.45) is 0 Å². The smallest absolute Gasteiger partial charge is 0.234 e. The fraction of sp³-hybridized carbons (Fsp3) is 0.474. The first-order valence-electron chi connectivity index (χ1n) is 9.18. The molecule has 2 N–H and O–H groups in total. The van der Waals surface area contributed by atoms with Crippen molar-refractivity contribution >= 4 is 39.1 Å². The largest absolute Gasteiger partial charge is 0.356 e. The number of sulfone groups is 1. The van der Waals surface area contributed by atoms with Gasteiger partial charge < -0.3 is 10.6 Å². The third-order valence-corrected chi connectivity index (χ3v) is 7.48. The third kappa shape index (κ3) is 5.59. The highest BCUT2D eigenvalue weighted by molar-refractivity contribution is 8.00. The Balaban J connectivity index is 1.50. The predicted molar refractivity (Wildman–Crippen MR) is 107 cm³/mol. The Bertz CT molecular complexity index is 862. The molecule has 6 nitrogen and oxygen atoms in total. The summed E-state index contributed by atoms with van der Waals surface area (Å²) in [5.41, 5.74) is 1.89. The molecule has 8 heteroatoms. The number of fused-ring (bicyclic) bond motifs is 1. The zero-order valence-corrected chi connectivity index (χ0v) is 16.8. The maximum atomic E-state index is 12.5. The number of anilines is 1. The quantitative estimate of drug-likeness (QED) is 0.677. The van der Waals surface area contributed by atoms with Gasteiger partial charge in [0.05, 0.1) is 22.1 Å². The van der Waals surface area contributed by atoms with Gasteiger partial charge in [0.15, 0.2) is 9.84 Å². The van der Waals surface area contributed by atoms with Gasteiger partial charge >= 0.3 is 0 Å². The van der Waals surface area contributed by atoms with E-state index < -0.39 is 9.84 Å². The average Bonchev–Trinajstić information content (AvgIpc) is 2.67. The van der Waals surface area contributed by atoms with E-state index in [0.717, 1.165) is 24.2 Å². The first-order valence-corrected chi connectivity index (χ1v) is 11.8. The topological polar surface area (TPSA) is 92.3 Å². The maximum absolute atomic E-state index is 12.5. The molecule has 1 heterocycles. The SMILES string of the molecule is O=C(CCS(=O)(=O)c1ccc2c(c1)NC(=O)CS2)NCCC1=CCCCC1. The second-order valence-corrected chi connectivity index (χ2v) is 9.90. The molecule has 27 heavy (non-hydrogen) atoms. The zero-order valence-electron chi connectivity index (χ0n) is 15.1. The highest BCUT2D eigenvalue weighted by Crippen LogP contribution is 2.33. The molecule has 0 fully saturated rings. The van der Waals surface area contributed by atoms with Crippen LogP contribution in [0.2, 0.25) is 0 Å². The molecular weight excluding hydrogens is 384 g/mol. The van der Waals surface area contributed by atoms with Crippen LogP contribution >= 0.6 is 11.8 Å². The van der Waals surface area contributed by atoms with Crippen LogP contribution in [0.25, 0.3) is 0 Å². The van der Waals surface area contributed by atoms with Crippen LogP contribution in [-0.4, -0.2) is 38.3 Å². The Labute approximate surface area is 164 Å². The molecular formula is C19H24N2O4S2. The Kier molecular flexibility index (Phi) is 6.59. The van der Waals surface area contributed by atoms with Gasteiger partial charge in [-0.15, -0.1) is 11.8 Å². The van der Waals surface area contributed by atoms with Crippen LogP contribution in [0.1, 0.15) is 38.5 Å². The fourth-order valence-electron chi connectivity index (χ4n) is 3.18. The van der Waals surface area contributed by atoms with Crippen molar-refractivity contribution < 1.29 is 18.0 Å². The van der Waals surface area contributed by atoms with E-state index in [4.69, 9.17) is 0 Å². The lowest BCUT2D eigenvalue weighted by Crippen LogP contribution is -2.27. The number of benzene rings is 1. The Hall–Kier alpha value is -1.80. The van der Waals surface area contributed by atoms with Gasteiger partial charge in [0.1, 0.15) is 0 Å². The van der Waals surface area contributed by atoms with Crippen LogP contribution in [-0.2, 0) is 19.4 Å². The number of hydrogen-bond donors (Lipinski definition) is 2. The minimum atomic E-state index is -3.58. The van der Waals surface area contributed by atoms with E-state index in [1.54, 1.807) is 6.07 Å². The molecule has 1 aliphatic heterocycles. The predicted octanol–water partition coefficient (Wildman–Crippen LogP) is 2.90. The van der Waals surface area contributed by atoms with Gasteiger partial charge in [-0.25, -0.2) is 8.42 Å². The molecule has 0 spiro atoms. The summed E-state index contributed by atoms with van der Waals surface area (Å²) in [5, 5.41) is 5.49. The number of nitrogens with one attached hydrogen (secondary N) is 2. The zero-order chi connectivity index (χ0) is 19.3. The van der Waals surface area contributed by atoms with Crippen LogP contribution < -0.4 is 10.6 Å². The molecule has 0 bridgehead atoms. The summed E-state index contributed by atoms with van der Waals surface area (Å²) in [6.07, 6.45) is 7.66. The standard InChI is InChI=1S/C19H24N2O4S2/c22-18(20-10-8-14-4-2-1-3-5-14)9-11-27(24,25)15-6-7-17-16(12-15)21-19(23)13-26-17/h4,6-7,12H,1-3,5,8-11,13H2,(H,20,22)(H,21,23). The number of hydrogen-bond acceptors (Lipinski definition) is 5. The van der Waals surface area contributed by atoms with Gasteiger partial charge in [-0.1, -0.05) is 11.6 Å². The summed E-state index contributed by atoms with van der Waals surface area (Å²) in [6, 6.07) is 4.71. The van der Waals surface area contributed by atoms with E-state index in [1.165, 1.54) is 42.3 Å². The van der Waals surface area contributed by atoms with Crippen molar-refractivity contribution in [1.29, 1.82) is 0 Å². The lowest BCUT2D eigenvalue weighted by Gasteiger charge is -2.17. The highest BCUT2D eigenvalue weighted by atomic mass is 32.2. The molecule has 0 saturated carbocycles. The highest BCUT2D eigenvalue weighted by Gasteiger charge is 2.21. The molecule has 1 aliphatic carbocycles. The average molecular weight is 409 g/mol. The molecule has 0 saturated heterocycles. The van der Waals surface area contributed by atoms with E-state index >= 15 is 0 Å². The summed E-state index contributed by atoms with van der Waals surface area (Å²) in [6.45, 7) is 0.548. The second kappa shape index (κ2) is 8.93. The van der Waals surface area contributed by atoms with Crippen molar-refractivity contribution in [3.63, 3.8) is 0 Å². The van der Waals surface area contributed by atoms with Gasteiger partial charge in [0.25, 0.3) is 0 Å². The number of amides is 2. The Morgan fingerprint density at radius 2 is 2.11 bits per heavy atom. The molecule has 3 rings (SSSR count). The summed E-state index contributed by atoms with van der Waals surface area (Å²) < 4.78 is 25.0. The summed E-state index contributed by atoms with van der Waals surface area (Å²) >= 11 is 1.38. The Morgan fingerprint density at radius 3 is 2.89 bits per heavy atom. The molecule has 2 amide bonds. The monoisotopic (exact) mass is 408 g/mol. The van der Waals surface area contributed by atoms with E-state index in [9.17, 15) is 18.0 Å². The number of thioether (sulfide) groups is 1. The van der Waals surface area contributed by atoms with Gasteiger partial charge in [0.2, 0.25) is 11.8 Å². The third-order valence-electron chi connectivity index (χ3n) is 4.69. The van der Waals surface area contributed by atoms with E-state index in [0.29, 0.717) is 18.0 Å². The fourth-order valence-corrected chi connectivity index (χ4v) is 5.23. The first-order chi connectivity index (χ1) is 12.9. The van der Waals surface area contributed by atoms with Gasteiger partial charge in [-0.2, -0.15) is 0 Å². The van der Waals surface area contributed by atoms with E-state index in [-0.39, 0.29) is 28.9 Å². The summed E-state index contributed by atoms with van der Waals surface area (Å²) in [7, 11) is -3.58. The molecule has 1 aromatic carbocycles. The van der Waals surface area contributed by atoms with Crippen LogP contribution in [0.4, 0.5) is 5.69 Å². The van der Waals surface area contributed by atoms with Gasteiger partial charge in [-0.05, 0) is 50.3 Å². The number of carbonyl (C=O) groups is 2. The number of allylic oxidation sites excluding steroid dienone is 1. The van der Waals surface area contributed by atoms with Gasteiger partial charge in [-0.3, -0.25) is 9.59 Å². The minimum Gasteiger partial charge on any atom is -0.356 e. The van der Waals surface area contributed by atoms with Crippen LogP contribution in [0.5, 0.6) is 0 Å². The van der Waals surface area contributed by atoms with Crippen molar-refractivity contribution in [2.75, 3.05) is 23.4 Å². The molecule has 2 aliphatic rings. The molecule has 0 atom stereocenters. The minimum absolute atomic E-state index is 0.0699. The number of carbonyl (C=O) groups excluding carboxylic acids is 2. The van der Waals surface area contributed by atoms with Gasteiger partial charge in [0, 0.05) is 17.9 Å².